The first kappa shape index (κ1) is 30.1. The van der Waals surface area contributed by atoms with E-state index in [1.165, 1.54) is 0 Å². The summed E-state index contributed by atoms with van der Waals surface area (Å²) in [5, 5.41) is 6.55. The van der Waals surface area contributed by atoms with Crippen LogP contribution in [0.1, 0.15) is 66.4 Å². The first-order valence-electron chi connectivity index (χ1n) is 14.7. The number of aromatic nitrogens is 1. The number of carbonyl (C=O) groups is 3. The highest BCUT2D eigenvalue weighted by atomic mass is 16.6. The minimum Gasteiger partial charge on any atom is -0.496 e. The topological polar surface area (TPSA) is 144 Å². The van der Waals surface area contributed by atoms with E-state index in [9.17, 15) is 14.4 Å². The van der Waals surface area contributed by atoms with Crippen molar-refractivity contribution < 1.29 is 33.3 Å². The number of ketones is 1. The van der Waals surface area contributed by atoms with Crippen LogP contribution >= 0.6 is 0 Å². The number of Topliss-reactive ketones (excluding diaryl/α,β-unsaturated/α-hetero) is 1. The van der Waals surface area contributed by atoms with Crippen molar-refractivity contribution >= 4 is 34.4 Å². The van der Waals surface area contributed by atoms with Crippen molar-refractivity contribution in [3.63, 3.8) is 0 Å². The third-order valence-corrected chi connectivity index (χ3v) is 8.27. The average Bonchev–Trinajstić information content (AvgIpc) is 3.51. The van der Waals surface area contributed by atoms with Crippen molar-refractivity contribution in [2.24, 2.45) is 10.5 Å². The van der Waals surface area contributed by atoms with E-state index < -0.39 is 11.0 Å². The molecule has 0 saturated carbocycles. The standard InChI is InChI=1S/C32H36N6O7/c1-31(2,3)30(41)44-18-38-28(34-35-36-38)19-9-10-24-21(15-19)23(39)17-32(45-24)11-13-37(14-12-32)29(40)22-16-26(43-5)20-7-6-8-25(42-4)27(20)33-22/h6-10,15-16,35-36H,11-14,17-18H2,1-5H3. The SMILES string of the molecule is COc1cc(C(=O)N2CCC3(CC2)CC(=O)c2cc(C4=NNNN4COC(=O)C(C)(C)C)ccc2O3)nc2c(OC)cccc12. The monoisotopic (exact) mass is 616 g/mol. The zero-order chi connectivity index (χ0) is 31.9. The molecule has 4 heterocycles. The molecule has 1 saturated heterocycles. The van der Waals surface area contributed by atoms with Gasteiger partial charge in [0.25, 0.3) is 5.91 Å². The zero-order valence-electron chi connectivity index (χ0n) is 25.9. The number of hydrogen-bond acceptors (Lipinski definition) is 12. The predicted molar refractivity (Wildman–Crippen MR) is 164 cm³/mol. The van der Waals surface area contributed by atoms with Crippen molar-refractivity contribution in [1.29, 1.82) is 0 Å². The van der Waals surface area contributed by atoms with Crippen molar-refractivity contribution in [3.8, 4) is 17.2 Å². The lowest BCUT2D eigenvalue weighted by molar-refractivity contribution is -0.157. The molecule has 2 N–H and O–H groups in total. The Kier molecular flexibility index (Phi) is 7.73. The molecular formula is C32H36N6O7. The third-order valence-electron chi connectivity index (χ3n) is 8.27. The quantitative estimate of drug-likeness (QED) is 0.393. The van der Waals surface area contributed by atoms with E-state index in [2.05, 4.69) is 21.2 Å². The number of hydrazine groups is 2. The van der Waals surface area contributed by atoms with Gasteiger partial charge < -0.3 is 23.8 Å². The molecule has 1 spiro atoms. The molecule has 45 heavy (non-hydrogen) atoms. The first-order valence-corrected chi connectivity index (χ1v) is 14.7. The van der Waals surface area contributed by atoms with Gasteiger partial charge in [-0.05, 0) is 51.1 Å². The molecule has 13 heteroatoms. The summed E-state index contributed by atoms with van der Waals surface area (Å²) in [5.74, 6) is 1.44. The fourth-order valence-electron chi connectivity index (χ4n) is 5.73. The Morgan fingerprint density at radius 3 is 2.51 bits per heavy atom. The average molecular weight is 617 g/mol. The van der Waals surface area contributed by atoms with Crippen molar-refractivity contribution in [3.05, 3.63) is 59.3 Å². The summed E-state index contributed by atoms with van der Waals surface area (Å²) in [7, 11) is 3.12. The molecule has 13 nitrogen and oxygen atoms in total. The van der Waals surface area contributed by atoms with Gasteiger partial charge in [-0.25, -0.2) is 15.5 Å². The van der Waals surface area contributed by atoms with Crippen LogP contribution < -0.4 is 25.3 Å². The van der Waals surface area contributed by atoms with E-state index in [1.807, 2.05) is 18.2 Å². The van der Waals surface area contributed by atoms with Gasteiger partial charge in [-0.1, -0.05) is 6.07 Å². The van der Waals surface area contributed by atoms with E-state index >= 15 is 0 Å². The van der Waals surface area contributed by atoms with E-state index in [0.29, 0.717) is 65.7 Å². The van der Waals surface area contributed by atoms with Crippen LogP contribution in [0.3, 0.4) is 0 Å². The number of methoxy groups -OCH3 is 2. The molecule has 0 aliphatic carbocycles. The summed E-state index contributed by atoms with van der Waals surface area (Å²) in [5.41, 5.74) is 6.08. The number of amides is 1. The molecule has 236 valence electrons. The largest absolute Gasteiger partial charge is 0.496 e. The van der Waals surface area contributed by atoms with Crippen LogP contribution in [0.2, 0.25) is 0 Å². The minimum atomic E-state index is -0.707. The van der Waals surface area contributed by atoms with E-state index in [0.717, 1.165) is 5.39 Å². The number of fused-ring (bicyclic) bond motifs is 2. The maximum atomic E-state index is 13.6. The van der Waals surface area contributed by atoms with Gasteiger partial charge in [0, 0.05) is 42.9 Å². The second kappa shape index (κ2) is 11.5. The number of nitrogens with zero attached hydrogens (tertiary/aromatic N) is 4. The van der Waals surface area contributed by atoms with Crippen LogP contribution in [0, 0.1) is 5.41 Å². The van der Waals surface area contributed by atoms with Crippen LogP contribution in [-0.2, 0) is 9.53 Å². The number of amidine groups is 1. The molecule has 1 aromatic heterocycles. The van der Waals surface area contributed by atoms with Gasteiger partial charge >= 0.3 is 5.97 Å². The van der Waals surface area contributed by atoms with Gasteiger partial charge in [-0.2, -0.15) is 0 Å². The smallest absolute Gasteiger partial charge is 0.312 e. The Morgan fingerprint density at radius 1 is 1.04 bits per heavy atom. The number of rotatable bonds is 6. The minimum absolute atomic E-state index is 0.0453. The summed E-state index contributed by atoms with van der Waals surface area (Å²) in [6.45, 7) is 6.08. The first-order chi connectivity index (χ1) is 21.5. The second-order valence-corrected chi connectivity index (χ2v) is 12.4. The van der Waals surface area contributed by atoms with E-state index in [-0.39, 0.29) is 36.5 Å². The van der Waals surface area contributed by atoms with Gasteiger partial charge in [-0.3, -0.25) is 14.4 Å². The molecule has 0 bridgehead atoms. The predicted octanol–water partition coefficient (Wildman–Crippen LogP) is 3.43. The zero-order valence-corrected chi connectivity index (χ0v) is 25.9. The highest BCUT2D eigenvalue weighted by Gasteiger charge is 2.44. The molecule has 3 aliphatic heterocycles. The molecule has 1 amide bonds. The Hall–Kier alpha value is -4.91. The molecule has 0 radical (unpaired) electrons. The normalized spacial score (nSPS) is 17.4. The maximum Gasteiger partial charge on any atom is 0.312 e. The number of benzene rings is 2. The number of esters is 1. The van der Waals surface area contributed by atoms with Crippen LogP contribution in [0.5, 0.6) is 17.2 Å². The lowest BCUT2D eigenvalue weighted by atomic mass is 9.82. The molecule has 0 atom stereocenters. The molecule has 6 rings (SSSR count). The molecule has 3 aliphatic rings. The number of likely N-dealkylation sites (tertiary alicyclic amines) is 1. The van der Waals surface area contributed by atoms with Crippen molar-refractivity contribution in [2.75, 3.05) is 34.0 Å². The van der Waals surface area contributed by atoms with Crippen LogP contribution in [0.15, 0.2) is 47.6 Å². The van der Waals surface area contributed by atoms with Gasteiger partial charge in [-0.15, -0.1) is 10.6 Å². The molecule has 3 aromatic rings. The number of carbonyl (C=O) groups excluding carboxylic acids is 3. The highest BCUT2D eigenvalue weighted by Crippen LogP contribution is 2.40. The summed E-state index contributed by atoms with van der Waals surface area (Å²) >= 11 is 0. The van der Waals surface area contributed by atoms with Crippen LogP contribution in [-0.4, -0.2) is 78.0 Å². The maximum absolute atomic E-state index is 13.6. The van der Waals surface area contributed by atoms with Crippen molar-refractivity contribution in [2.45, 2.75) is 45.6 Å². The fourth-order valence-corrected chi connectivity index (χ4v) is 5.73. The Labute approximate surface area is 260 Å². The molecule has 2 aromatic carbocycles. The fraction of sp³-hybridized carbons (Fsp3) is 0.406. The second-order valence-electron chi connectivity index (χ2n) is 12.4. The van der Waals surface area contributed by atoms with Gasteiger partial charge in [0.1, 0.15) is 34.1 Å². The number of ether oxygens (including phenoxy) is 4. The number of piperidine rings is 1. The Balaban J connectivity index is 1.14. The van der Waals surface area contributed by atoms with Crippen molar-refractivity contribution in [1.82, 2.24) is 26.0 Å². The molecular weight excluding hydrogens is 580 g/mol. The number of para-hydroxylation sites is 1. The lowest BCUT2D eigenvalue weighted by Gasteiger charge is -2.44. The Morgan fingerprint density at radius 2 is 1.80 bits per heavy atom. The summed E-state index contributed by atoms with van der Waals surface area (Å²) in [6, 6.07) is 12.5. The molecule has 1 fully saturated rings. The van der Waals surface area contributed by atoms with E-state index in [4.69, 9.17) is 18.9 Å². The Bertz CT molecular complexity index is 1710. The third kappa shape index (κ3) is 5.70. The highest BCUT2D eigenvalue weighted by molar-refractivity contribution is 6.05. The molecule has 0 unspecified atom stereocenters. The van der Waals surface area contributed by atoms with Crippen LogP contribution in [0.25, 0.3) is 10.9 Å². The number of pyridine rings is 1. The lowest BCUT2D eigenvalue weighted by Crippen LogP contribution is -2.52. The number of hydrazone groups is 1. The summed E-state index contributed by atoms with van der Waals surface area (Å²) in [6.07, 6.45) is 1.18. The van der Waals surface area contributed by atoms with Gasteiger partial charge in [0.05, 0.1) is 31.6 Å². The van der Waals surface area contributed by atoms with Gasteiger partial charge in [0.2, 0.25) is 0 Å². The number of nitrogens with one attached hydrogen (secondary N) is 2. The van der Waals surface area contributed by atoms with E-state index in [1.54, 1.807) is 69.2 Å². The number of hydrogen-bond donors (Lipinski definition) is 2. The summed E-state index contributed by atoms with van der Waals surface area (Å²) < 4.78 is 22.9. The van der Waals surface area contributed by atoms with Crippen LogP contribution in [0.4, 0.5) is 0 Å². The summed E-state index contributed by atoms with van der Waals surface area (Å²) in [4.78, 5) is 45.7. The van der Waals surface area contributed by atoms with Gasteiger partial charge in [0.15, 0.2) is 18.3 Å².